The minimum atomic E-state index is 0.105. The summed E-state index contributed by atoms with van der Waals surface area (Å²) in [5.41, 5.74) is 5.22. The Morgan fingerprint density at radius 2 is 1.79 bits per heavy atom. The number of benzene rings is 1. The molecule has 2 rings (SSSR count). The van der Waals surface area contributed by atoms with Gasteiger partial charge in [-0.15, -0.1) is 0 Å². The molecule has 0 aliphatic carbocycles. The van der Waals surface area contributed by atoms with Crippen LogP contribution in [0, 0.1) is 20.8 Å². The van der Waals surface area contributed by atoms with Gasteiger partial charge in [0, 0.05) is 11.3 Å². The van der Waals surface area contributed by atoms with Crippen LogP contribution in [0.1, 0.15) is 39.8 Å². The van der Waals surface area contributed by atoms with Gasteiger partial charge in [-0.1, -0.05) is 31.2 Å². The van der Waals surface area contributed by atoms with Gasteiger partial charge in [-0.2, -0.15) is 5.10 Å². The number of hydrogen-bond acceptors (Lipinski definition) is 2. The fourth-order valence-electron chi connectivity index (χ4n) is 2.09. The zero-order chi connectivity index (χ0) is 14.0. The maximum Gasteiger partial charge on any atom is 0.184 e. The third-order valence-corrected chi connectivity index (χ3v) is 3.72. The average Bonchev–Trinajstić information content (AvgIpc) is 2.66. The second-order valence-electron chi connectivity index (χ2n) is 4.93. The van der Waals surface area contributed by atoms with Gasteiger partial charge < -0.3 is 0 Å². The highest BCUT2D eigenvalue weighted by Crippen LogP contribution is 2.12. The van der Waals surface area contributed by atoms with Crippen molar-refractivity contribution in [2.75, 3.05) is 0 Å². The number of aromatic nitrogens is 2. The Labute approximate surface area is 114 Å². The maximum atomic E-state index is 12.2. The van der Waals surface area contributed by atoms with Gasteiger partial charge in [-0.3, -0.25) is 9.48 Å². The third-order valence-electron chi connectivity index (χ3n) is 3.72. The summed E-state index contributed by atoms with van der Waals surface area (Å²) in [6, 6.07) is 7.83. The molecule has 0 amide bonds. The molecule has 0 atom stereocenters. The van der Waals surface area contributed by atoms with E-state index in [0.717, 1.165) is 28.9 Å². The van der Waals surface area contributed by atoms with Crippen molar-refractivity contribution in [3.8, 4) is 0 Å². The van der Waals surface area contributed by atoms with E-state index in [-0.39, 0.29) is 5.78 Å². The topological polar surface area (TPSA) is 34.9 Å². The molecule has 3 heteroatoms. The predicted molar refractivity (Wildman–Crippen MR) is 76.6 cm³/mol. The smallest absolute Gasteiger partial charge is 0.184 e. The van der Waals surface area contributed by atoms with Crippen LogP contribution in [0.3, 0.4) is 0 Å². The summed E-state index contributed by atoms with van der Waals surface area (Å²) < 4.78 is 1.79. The molecule has 0 N–H and O–H groups in total. The van der Waals surface area contributed by atoms with E-state index >= 15 is 0 Å². The fraction of sp³-hybridized carbons (Fsp3) is 0.375. The molecule has 3 nitrogen and oxygen atoms in total. The molecule has 0 radical (unpaired) electrons. The second kappa shape index (κ2) is 5.39. The average molecular weight is 256 g/mol. The number of hydrogen-bond donors (Lipinski definition) is 0. The Kier molecular flexibility index (Phi) is 3.84. The van der Waals surface area contributed by atoms with Crippen LogP contribution in [0.5, 0.6) is 0 Å². The number of aryl methyl sites for hydroxylation is 2. The van der Waals surface area contributed by atoms with Crippen molar-refractivity contribution < 1.29 is 4.79 Å². The molecule has 1 aromatic heterocycles. The van der Waals surface area contributed by atoms with Crippen LogP contribution in [-0.4, -0.2) is 15.6 Å². The molecule has 0 spiro atoms. The predicted octanol–water partition coefficient (Wildman–Crippen LogP) is 3.25. The lowest BCUT2D eigenvalue weighted by Gasteiger charge is -2.05. The number of rotatable bonds is 4. The second-order valence-corrected chi connectivity index (χ2v) is 4.93. The van der Waals surface area contributed by atoms with E-state index in [0.29, 0.717) is 6.54 Å². The molecule has 1 aromatic carbocycles. The third kappa shape index (κ3) is 2.75. The van der Waals surface area contributed by atoms with Gasteiger partial charge in [0.05, 0.1) is 5.69 Å². The zero-order valence-corrected chi connectivity index (χ0v) is 12.0. The number of carbonyl (C=O) groups excluding carboxylic acids is 1. The lowest BCUT2D eigenvalue weighted by atomic mass is 10.1. The SMILES string of the molecule is CCc1ccc(C(=O)Cn2nc(C)c(C)c2C)cc1. The van der Waals surface area contributed by atoms with E-state index in [1.54, 1.807) is 4.68 Å². The Morgan fingerprint density at radius 1 is 1.16 bits per heavy atom. The van der Waals surface area contributed by atoms with E-state index in [4.69, 9.17) is 0 Å². The first-order chi connectivity index (χ1) is 9.02. The molecular formula is C16H20N2O. The summed E-state index contributed by atoms with van der Waals surface area (Å²) in [5.74, 6) is 0.105. The van der Waals surface area contributed by atoms with E-state index < -0.39 is 0 Å². The molecule has 0 aliphatic rings. The number of carbonyl (C=O) groups is 1. The molecule has 2 aromatic rings. The summed E-state index contributed by atoms with van der Waals surface area (Å²) >= 11 is 0. The highest BCUT2D eigenvalue weighted by molar-refractivity contribution is 5.95. The number of nitrogens with zero attached hydrogens (tertiary/aromatic N) is 2. The van der Waals surface area contributed by atoms with Gasteiger partial charge in [-0.25, -0.2) is 0 Å². The van der Waals surface area contributed by atoms with Crippen molar-refractivity contribution in [3.05, 3.63) is 52.3 Å². The van der Waals surface area contributed by atoms with Crippen molar-refractivity contribution in [2.45, 2.75) is 40.7 Å². The van der Waals surface area contributed by atoms with Crippen LogP contribution in [0.25, 0.3) is 0 Å². The molecule has 0 bridgehead atoms. The first kappa shape index (κ1) is 13.5. The van der Waals surface area contributed by atoms with Crippen molar-refractivity contribution in [1.82, 2.24) is 9.78 Å². The van der Waals surface area contributed by atoms with Gasteiger partial charge >= 0.3 is 0 Å². The Morgan fingerprint density at radius 3 is 2.26 bits per heavy atom. The van der Waals surface area contributed by atoms with Crippen molar-refractivity contribution in [2.24, 2.45) is 0 Å². The van der Waals surface area contributed by atoms with Crippen LogP contribution >= 0.6 is 0 Å². The minimum Gasteiger partial charge on any atom is -0.292 e. The lowest BCUT2D eigenvalue weighted by molar-refractivity contribution is 0.0966. The Balaban J connectivity index is 2.18. The van der Waals surface area contributed by atoms with Gasteiger partial charge in [0.1, 0.15) is 6.54 Å². The lowest BCUT2D eigenvalue weighted by Crippen LogP contribution is -2.13. The summed E-state index contributed by atoms with van der Waals surface area (Å²) in [6.07, 6.45) is 0.991. The molecule has 0 aliphatic heterocycles. The summed E-state index contributed by atoms with van der Waals surface area (Å²) in [7, 11) is 0. The van der Waals surface area contributed by atoms with Crippen LogP contribution in [0.15, 0.2) is 24.3 Å². The quantitative estimate of drug-likeness (QED) is 0.787. The summed E-state index contributed by atoms with van der Waals surface area (Å²) in [6.45, 7) is 8.43. The van der Waals surface area contributed by atoms with Crippen LogP contribution in [0.2, 0.25) is 0 Å². The highest BCUT2D eigenvalue weighted by Gasteiger charge is 2.12. The van der Waals surface area contributed by atoms with Gasteiger partial charge in [0.2, 0.25) is 0 Å². The summed E-state index contributed by atoms with van der Waals surface area (Å²) in [4.78, 5) is 12.2. The first-order valence-corrected chi connectivity index (χ1v) is 6.65. The highest BCUT2D eigenvalue weighted by atomic mass is 16.1. The Hall–Kier alpha value is -1.90. The molecule has 100 valence electrons. The normalized spacial score (nSPS) is 10.7. The van der Waals surface area contributed by atoms with E-state index in [1.807, 2.05) is 45.0 Å². The fourth-order valence-corrected chi connectivity index (χ4v) is 2.09. The molecule has 19 heavy (non-hydrogen) atoms. The maximum absolute atomic E-state index is 12.2. The van der Waals surface area contributed by atoms with E-state index in [2.05, 4.69) is 12.0 Å². The van der Waals surface area contributed by atoms with Crippen molar-refractivity contribution >= 4 is 5.78 Å². The van der Waals surface area contributed by atoms with Crippen LogP contribution in [-0.2, 0) is 13.0 Å². The molecular weight excluding hydrogens is 236 g/mol. The van der Waals surface area contributed by atoms with Gasteiger partial charge in [0.15, 0.2) is 5.78 Å². The number of ketones is 1. The largest absolute Gasteiger partial charge is 0.292 e. The summed E-state index contributed by atoms with van der Waals surface area (Å²) in [5, 5.41) is 4.40. The molecule has 1 heterocycles. The molecule has 0 unspecified atom stereocenters. The Bertz CT molecular complexity index is 594. The van der Waals surface area contributed by atoms with E-state index in [9.17, 15) is 4.79 Å². The monoisotopic (exact) mass is 256 g/mol. The van der Waals surface area contributed by atoms with Crippen LogP contribution in [0.4, 0.5) is 0 Å². The van der Waals surface area contributed by atoms with Crippen LogP contribution < -0.4 is 0 Å². The minimum absolute atomic E-state index is 0.105. The zero-order valence-electron chi connectivity index (χ0n) is 12.0. The molecule has 0 saturated heterocycles. The van der Waals surface area contributed by atoms with Crippen molar-refractivity contribution in [3.63, 3.8) is 0 Å². The van der Waals surface area contributed by atoms with E-state index in [1.165, 1.54) is 5.56 Å². The van der Waals surface area contributed by atoms with Gasteiger partial charge in [0.25, 0.3) is 0 Å². The molecule has 0 fully saturated rings. The van der Waals surface area contributed by atoms with Gasteiger partial charge in [-0.05, 0) is 38.3 Å². The standard InChI is InChI=1S/C16H20N2O/c1-5-14-6-8-15(9-7-14)16(19)10-18-13(4)11(2)12(3)17-18/h6-9H,5,10H2,1-4H3. The van der Waals surface area contributed by atoms with Crippen molar-refractivity contribution in [1.29, 1.82) is 0 Å². The number of Topliss-reactive ketones (excluding diaryl/α,β-unsaturated/α-hetero) is 1. The molecule has 0 saturated carbocycles. The first-order valence-electron chi connectivity index (χ1n) is 6.65.